The number of nitrogens with one attached hydrogen (secondary N) is 1. The van der Waals surface area contributed by atoms with Crippen molar-refractivity contribution in [1.82, 2.24) is 10.2 Å². The van der Waals surface area contributed by atoms with Crippen molar-refractivity contribution in [1.29, 1.82) is 0 Å². The van der Waals surface area contributed by atoms with Gasteiger partial charge >= 0.3 is 0 Å². The first-order valence-electron chi connectivity index (χ1n) is 13.7. The molecular formula is C31H36BrN3O5S. The van der Waals surface area contributed by atoms with E-state index in [0.717, 1.165) is 46.4 Å². The maximum absolute atomic E-state index is 14.0. The summed E-state index contributed by atoms with van der Waals surface area (Å²) in [5, 5.41) is 3.12. The summed E-state index contributed by atoms with van der Waals surface area (Å²) in [5.74, 6) is -0.0699. The van der Waals surface area contributed by atoms with Gasteiger partial charge in [-0.15, -0.1) is 0 Å². The van der Waals surface area contributed by atoms with Crippen LogP contribution in [-0.4, -0.2) is 50.9 Å². The minimum atomic E-state index is -4.09. The van der Waals surface area contributed by atoms with Crippen LogP contribution in [0.4, 0.5) is 5.69 Å². The number of carbonyl (C=O) groups excluding carboxylic acids is 2. The quantitative estimate of drug-likeness (QED) is 0.297. The minimum Gasteiger partial charge on any atom is -0.497 e. The number of hydrogen-bond donors (Lipinski definition) is 1. The van der Waals surface area contributed by atoms with Crippen molar-refractivity contribution in [2.75, 3.05) is 18.0 Å². The van der Waals surface area contributed by atoms with Crippen molar-refractivity contribution in [3.8, 4) is 5.75 Å². The zero-order valence-corrected chi connectivity index (χ0v) is 25.7. The Morgan fingerprint density at radius 3 is 2.20 bits per heavy atom. The Morgan fingerprint density at radius 2 is 1.59 bits per heavy atom. The molecule has 2 amide bonds. The van der Waals surface area contributed by atoms with Crippen LogP contribution in [0.5, 0.6) is 5.75 Å². The summed E-state index contributed by atoms with van der Waals surface area (Å²) < 4.78 is 34.8. The highest BCUT2D eigenvalue weighted by Crippen LogP contribution is 2.26. The van der Waals surface area contributed by atoms with Gasteiger partial charge in [0.25, 0.3) is 10.0 Å². The molecule has 0 bridgehead atoms. The molecular weight excluding hydrogens is 606 g/mol. The van der Waals surface area contributed by atoms with Crippen LogP contribution >= 0.6 is 15.9 Å². The van der Waals surface area contributed by atoms with Crippen molar-refractivity contribution in [2.45, 2.75) is 62.6 Å². The first-order chi connectivity index (χ1) is 19.7. The maximum Gasteiger partial charge on any atom is 0.264 e. The second-order valence-corrected chi connectivity index (χ2v) is 13.0. The van der Waals surface area contributed by atoms with Gasteiger partial charge in [0.05, 0.1) is 17.7 Å². The zero-order valence-electron chi connectivity index (χ0n) is 23.3. The van der Waals surface area contributed by atoms with Crippen LogP contribution in [0.2, 0.25) is 0 Å². The molecule has 1 aliphatic rings. The number of amides is 2. The molecule has 1 N–H and O–H groups in total. The second kappa shape index (κ2) is 14.0. The van der Waals surface area contributed by atoms with E-state index in [1.165, 1.54) is 17.0 Å². The summed E-state index contributed by atoms with van der Waals surface area (Å²) >= 11 is 3.39. The van der Waals surface area contributed by atoms with Crippen molar-refractivity contribution < 1.29 is 22.7 Å². The molecule has 8 nitrogen and oxygen atoms in total. The maximum atomic E-state index is 14.0. The van der Waals surface area contributed by atoms with E-state index in [-0.39, 0.29) is 23.4 Å². The summed E-state index contributed by atoms with van der Waals surface area (Å²) in [6.07, 6.45) is 5.11. The predicted octanol–water partition coefficient (Wildman–Crippen LogP) is 5.52. The Bertz CT molecular complexity index is 1410. The molecule has 0 aromatic heterocycles. The third kappa shape index (κ3) is 7.89. The first-order valence-corrected chi connectivity index (χ1v) is 16.0. The lowest BCUT2D eigenvalue weighted by molar-refractivity contribution is -0.139. The Labute approximate surface area is 250 Å². The van der Waals surface area contributed by atoms with E-state index in [4.69, 9.17) is 4.74 Å². The van der Waals surface area contributed by atoms with Gasteiger partial charge in [0.2, 0.25) is 11.8 Å². The van der Waals surface area contributed by atoms with Crippen LogP contribution in [0.3, 0.4) is 0 Å². The van der Waals surface area contributed by atoms with Gasteiger partial charge in [0.15, 0.2) is 0 Å². The van der Waals surface area contributed by atoms with Gasteiger partial charge in [-0.2, -0.15) is 0 Å². The van der Waals surface area contributed by atoms with Crippen LogP contribution in [-0.2, 0) is 26.2 Å². The van der Waals surface area contributed by atoms with E-state index in [0.29, 0.717) is 11.4 Å². The molecule has 1 saturated carbocycles. The number of hydrogen-bond acceptors (Lipinski definition) is 5. The number of sulfonamides is 1. The van der Waals surface area contributed by atoms with Crippen LogP contribution in [0.1, 0.15) is 44.6 Å². The topological polar surface area (TPSA) is 96.0 Å². The smallest absolute Gasteiger partial charge is 0.264 e. The lowest BCUT2D eigenvalue weighted by Gasteiger charge is -2.33. The van der Waals surface area contributed by atoms with Crippen LogP contribution in [0, 0.1) is 0 Å². The molecule has 0 aliphatic heterocycles. The average molecular weight is 643 g/mol. The van der Waals surface area contributed by atoms with Gasteiger partial charge in [-0.3, -0.25) is 13.9 Å². The fourth-order valence-electron chi connectivity index (χ4n) is 4.93. The lowest BCUT2D eigenvalue weighted by atomic mass is 9.95. The highest BCUT2D eigenvalue weighted by molar-refractivity contribution is 9.10. The molecule has 41 heavy (non-hydrogen) atoms. The number of carbonyl (C=O) groups is 2. The standard InChI is InChI=1S/C31H36BrN3O5S/c1-23(31(37)33-26-9-5-3-6-10-26)34(21-24-13-19-28(40-2)20-14-24)30(36)22-35(27-17-15-25(32)16-18-27)41(38,39)29-11-7-4-8-12-29/h4,7-8,11-20,23,26H,3,5-6,9-10,21-22H2,1-2H3,(H,33,37). The normalized spacial score (nSPS) is 14.6. The fraction of sp³-hybridized carbons (Fsp3) is 0.355. The van der Waals surface area contributed by atoms with Gasteiger partial charge < -0.3 is 15.0 Å². The number of halogens is 1. The number of rotatable bonds is 11. The summed E-state index contributed by atoms with van der Waals surface area (Å²) in [4.78, 5) is 29.0. The molecule has 218 valence electrons. The molecule has 0 radical (unpaired) electrons. The Hall–Kier alpha value is -3.37. The number of anilines is 1. The van der Waals surface area contributed by atoms with Crippen molar-refractivity contribution in [2.24, 2.45) is 0 Å². The van der Waals surface area contributed by atoms with Crippen LogP contribution in [0.25, 0.3) is 0 Å². The lowest BCUT2D eigenvalue weighted by Crippen LogP contribution is -2.53. The van der Waals surface area contributed by atoms with Crippen molar-refractivity contribution in [3.05, 3.63) is 88.9 Å². The highest BCUT2D eigenvalue weighted by Gasteiger charge is 2.33. The zero-order chi connectivity index (χ0) is 29.4. The Balaban J connectivity index is 1.65. The van der Waals surface area contributed by atoms with Gasteiger partial charge in [0.1, 0.15) is 18.3 Å². The van der Waals surface area contributed by atoms with Crippen LogP contribution in [0.15, 0.2) is 88.2 Å². The first kappa shape index (κ1) is 30.6. The fourth-order valence-corrected chi connectivity index (χ4v) is 6.63. The van der Waals surface area contributed by atoms with E-state index in [1.54, 1.807) is 68.6 Å². The summed E-state index contributed by atoms with van der Waals surface area (Å²) in [6.45, 7) is 1.34. The molecule has 0 saturated heterocycles. The summed E-state index contributed by atoms with van der Waals surface area (Å²) in [5.41, 5.74) is 1.13. The van der Waals surface area contributed by atoms with Gasteiger partial charge in [0, 0.05) is 17.1 Å². The Morgan fingerprint density at radius 1 is 0.951 bits per heavy atom. The van der Waals surface area contributed by atoms with Gasteiger partial charge in [-0.1, -0.05) is 65.5 Å². The molecule has 10 heteroatoms. The van der Waals surface area contributed by atoms with E-state index >= 15 is 0 Å². The molecule has 1 atom stereocenters. The van der Waals surface area contributed by atoms with E-state index in [2.05, 4.69) is 21.2 Å². The van der Waals surface area contributed by atoms with E-state index in [9.17, 15) is 18.0 Å². The van der Waals surface area contributed by atoms with E-state index in [1.807, 2.05) is 12.1 Å². The average Bonchev–Trinajstić information content (AvgIpc) is 3.00. The molecule has 1 fully saturated rings. The summed E-state index contributed by atoms with van der Waals surface area (Å²) in [6, 6.07) is 21.3. The minimum absolute atomic E-state index is 0.0699. The molecule has 0 heterocycles. The Kier molecular flexibility index (Phi) is 10.4. The summed E-state index contributed by atoms with van der Waals surface area (Å²) in [7, 11) is -2.52. The van der Waals surface area contributed by atoms with Crippen molar-refractivity contribution >= 4 is 43.5 Å². The molecule has 3 aromatic carbocycles. The largest absolute Gasteiger partial charge is 0.497 e. The molecule has 1 aliphatic carbocycles. The number of methoxy groups -OCH3 is 1. The van der Waals surface area contributed by atoms with Crippen molar-refractivity contribution in [3.63, 3.8) is 0 Å². The van der Waals surface area contributed by atoms with Gasteiger partial charge in [-0.25, -0.2) is 8.42 Å². The monoisotopic (exact) mass is 641 g/mol. The number of nitrogens with zero attached hydrogens (tertiary/aromatic N) is 2. The third-order valence-corrected chi connectivity index (χ3v) is 9.67. The predicted molar refractivity (Wildman–Crippen MR) is 163 cm³/mol. The van der Waals surface area contributed by atoms with Crippen LogP contribution < -0.4 is 14.4 Å². The molecule has 1 unspecified atom stereocenters. The SMILES string of the molecule is COc1ccc(CN(C(=O)CN(c2ccc(Br)cc2)S(=O)(=O)c2ccccc2)C(C)C(=O)NC2CCCCC2)cc1. The van der Waals surface area contributed by atoms with E-state index < -0.39 is 28.5 Å². The number of ether oxygens (including phenoxy) is 1. The number of benzene rings is 3. The highest BCUT2D eigenvalue weighted by atomic mass is 79.9. The second-order valence-electron chi connectivity index (χ2n) is 10.2. The third-order valence-electron chi connectivity index (χ3n) is 7.36. The molecule has 4 rings (SSSR count). The van der Waals surface area contributed by atoms with Gasteiger partial charge in [-0.05, 0) is 73.9 Å². The molecule has 0 spiro atoms. The molecule has 3 aromatic rings.